The average Bonchev–Trinajstić information content (AvgIpc) is 2.85. The predicted molar refractivity (Wildman–Crippen MR) is 70.1 cm³/mol. The van der Waals surface area contributed by atoms with Gasteiger partial charge in [0.2, 0.25) is 0 Å². The fourth-order valence-corrected chi connectivity index (χ4v) is 2.79. The Balaban J connectivity index is 2.17. The molecule has 114 valence electrons. The Morgan fingerprint density at radius 3 is 2.53 bits per heavy atom. The quantitative estimate of drug-likeness (QED) is 0.647. The Hall–Kier alpha value is -0.290. The molecular formula is C14H26F3NO. The van der Waals surface area contributed by atoms with E-state index in [-0.39, 0.29) is 6.61 Å². The Bertz CT molecular complexity index is 227. The van der Waals surface area contributed by atoms with Crippen LogP contribution in [0.2, 0.25) is 0 Å². The molecule has 1 rings (SSSR count). The van der Waals surface area contributed by atoms with E-state index in [1.54, 1.807) is 0 Å². The molecule has 0 bridgehead atoms. The first-order chi connectivity index (χ1) is 9.03. The van der Waals surface area contributed by atoms with Gasteiger partial charge in [-0.3, -0.25) is 0 Å². The van der Waals surface area contributed by atoms with Crippen LogP contribution in [0.5, 0.6) is 0 Å². The van der Waals surface area contributed by atoms with E-state index in [2.05, 4.69) is 17.0 Å². The van der Waals surface area contributed by atoms with E-state index in [4.69, 9.17) is 0 Å². The van der Waals surface area contributed by atoms with Gasteiger partial charge in [0, 0.05) is 12.6 Å². The summed E-state index contributed by atoms with van der Waals surface area (Å²) < 4.78 is 40.4. The molecule has 1 N–H and O–H groups in total. The van der Waals surface area contributed by atoms with E-state index in [9.17, 15) is 13.2 Å². The van der Waals surface area contributed by atoms with Crippen molar-refractivity contribution < 1.29 is 17.9 Å². The number of hydrogen-bond acceptors (Lipinski definition) is 2. The molecule has 1 unspecified atom stereocenters. The van der Waals surface area contributed by atoms with Crippen LogP contribution in [0.3, 0.4) is 0 Å². The van der Waals surface area contributed by atoms with E-state index in [1.807, 2.05) is 0 Å². The molecule has 0 spiro atoms. The molecule has 0 aromatic carbocycles. The van der Waals surface area contributed by atoms with Gasteiger partial charge in [-0.1, -0.05) is 19.8 Å². The molecule has 0 heterocycles. The van der Waals surface area contributed by atoms with Crippen molar-refractivity contribution in [3.63, 3.8) is 0 Å². The summed E-state index contributed by atoms with van der Waals surface area (Å²) in [7, 11) is 0. The fraction of sp³-hybridized carbons (Fsp3) is 1.00. The summed E-state index contributed by atoms with van der Waals surface area (Å²) in [4.78, 5) is 0. The lowest BCUT2D eigenvalue weighted by Gasteiger charge is -2.24. The molecule has 2 nitrogen and oxygen atoms in total. The van der Waals surface area contributed by atoms with Gasteiger partial charge in [0.15, 0.2) is 0 Å². The van der Waals surface area contributed by atoms with E-state index in [1.165, 1.54) is 25.7 Å². The summed E-state index contributed by atoms with van der Waals surface area (Å²) in [5.74, 6) is 0.703. The molecule has 0 saturated heterocycles. The van der Waals surface area contributed by atoms with Gasteiger partial charge in [-0.25, -0.2) is 0 Å². The lowest BCUT2D eigenvalue weighted by Crippen LogP contribution is -2.36. The first-order valence-electron chi connectivity index (χ1n) is 7.41. The predicted octanol–water partition coefficient (Wildman–Crippen LogP) is 3.90. The van der Waals surface area contributed by atoms with E-state index < -0.39 is 12.8 Å². The van der Waals surface area contributed by atoms with Crippen LogP contribution in [0, 0.1) is 5.92 Å². The van der Waals surface area contributed by atoms with Crippen molar-refractivity contribution in [3.05, 3.63) is 0 Å². The third kappa shape index (κ3) is 7.78. The van der Waals surface area contributed by atoms with Crippen molar-refractivity contribution in [2.45, 2.75) is 64.1 Å². The molecule has 0 aliphatic heterocycles. The van der Waals surface area contributed by atoms with Gasteiger partial charge >= 0.3 is 6.18 Å². The first kappa shape index (κ1) is 16.8. The Morgan fingerprint density at radius 1 is 1.26 bits per heavy atom. The standard InChI is InChI=1S/C14H26F3NO/c1-2-9-18-13(12-6-3-4-7-12)8-5-10-19-11-14(15,16)17/h12-13,18H,2-11H2,1H3. The van der Waals surface area contributed by atoms with Crippen LogP contribution in [0.25, 0.3) is 0 Å². The van der Waals surface area contributed by atoms with Crippen LogP contribution < -0.4 is 5.32 Å². The molecule has 1 aliphatic rings. The topological polar surface area (TPSA) is 21.3 Å². The molecule has 1 fully saturated rings. The van der Waals surface area contributed by atoms with Crippen LogP contribution >= 0.6 is 0 Å². The van der Waals surface area contributed by atoms with Gasteiger partial charge in [0.25, 0.3) is 0 Å². The molecule has 1 atom stereocenters. The molecule has 0 aromatic rings. The zero-order chi connectivity index (χ0) is 14.1. The number of hydrogen-bond donors (Lipinski definition) is 1. The number of alkyl halides is 3. The van der Waals surface area contributed by atoms with Crippen molar-refractivity contribution in [2.75, 3.05) is 19.8 Å². The summed E-state index contributed by atoms with van der Waals surface area (Å²) in [6.45, 7) is 2.20. The highest BCUT2D eigenvalue weighted by atomic mass is 19.4. The van der Waals surface area contributed by atoms with Crippen LogP contribution in [0.1, 0.15) is 51.9 Å². The van der Waals surface area contributed by atoms with E-state index in [0.717, 1.165) is 19.4 Å². The Kier molecular flexibility index (Phi) is 7.76. The first-order valence-corrected chi connectivity index (χ1v) is 7.41. The second kappa shape index (κ2) is 8.80. The maximum Gasteiger partial charge on any atom is 0.411 e. The van der Waals surface area contributed by atoms with Gasteiger partial charge in [0.1, 0.15) is 6.61 Å². The summed E-state index contributed by atoms with van der Waals surface area (Å²) in [5, 5.41) is 3.54. The Morgan fingerprint density at radius 2 is 1.95 bits per heavy atom. The van der Waals surface area contributed by atoms with Crippen molar-refractivity contribution in [1.82, 2.24) is 5.32 Å². The van der Waals surface area contributed by atoms with Crippen molar-refractivity contribution in [3.8, 4) is 0 Å². The zero-order valence-corrected chi connectivity index (χ0v) is 11.8. The van der Waals surface area contributed by atoms with Crippen molar-refractivity contribution in [1.29, 1.82) is 0 Å². The van der Waals surface area contributed by atoms with E-state index in [0.29, 0.717) is 18.4 Å². The summed E-state index contributed by atoms with van der Waals surface area (Å²) in [5.41, 5.74) is 0. The fourth-order valence-electron chi connectivity index (χ4n) is 2.79. The minimum absolute atomic E-state index is 0.205. The number of ether oxygens (including phenoxy) is 1. The van der Waals surface area contributed by atoms with Gasteiger partial charge in [-0.15, -0.1) is 0 Å². The maximum atomic E-state index is 11.9. The van der Waals surface area contributed by atoms with Crippen molar-refractivity contribution in [2.24, 2.45) is 5.92 Å². The molecule has 0 amide bonds. The molecule has 1 saturated carbocycles. The zero-order valence-electron chi connectivity index (χ0n) is 11.8. The van der Waals surface area contributed by atoms with Crippen molar-refractivity contribution >= 4 is 0 Å². The van der Waals surface area contributed by atoms with Gasteiger partial charge in [-0.05, 0) is 44.6 Å². The monoisotopic (exact) mass is 281 g/mol. The summed E-state index contributed by atoms with van der Waals surface area (Å²) >= 11 is 0. The minimum atomic E-state index is -4.20. The molecule has 1 aliphatic carbocycles. The number of halogens is 3. The molecule has 19 heavy (non-hydrogen) atoms. The molecule has 5 heteroatoms. The molecular weight excluding hydrogens is 255 g/mol. The number of rotatable bonds is 9. The minimum Gasteiger partial charge on any atom is -0.372 e. The van der Waals surface area contributed by atoms with Gasteiger partial charge in [0.05, 0.1) is 0 Å². The van der Waals surface area contributed by atoms with Crippen LogP contribution in [0.15, 0.2) is 0 Å². The normalized spacial score (nSPS) is 18.9. The summed E-state index contributed by atoms with van der Waals surface area (Å²) in [6, 6.07) is 0.455. The van der Waals surface area contributed by atoms with Gasteiger partial charge < -0.3 is 10.1 Å². The molecule has 0 aromatic heterocycles. The summed E-state index contributed by atoms with van der Waals surface area (Å²) in [6.07, 6.45) is 3.60. The maximum absolute atomic E-state index is 11.9. The third-order valence-corrected chi connectivity index (χ3v) is 3.69. The lowest BCUT2D eigenvalue weighted by atomic mass is 9.94. The highest BCUT2D eigenvalue weighted by Crippen LogP contribution is 2.29. The lowest BCUT2D eigenvalue weighted by molar-refractivity contribution is -0.174. The second-order valence-electron chi connectivity index (χ2n) is 5.42. The van der Waals surface area contributed by atoms with E-state index >= 15 is 0 Å². The highest BCUT2D eigenvalue weighted by Gasteiger charge is 2.27. The average molecular weight is 281 g/mol. The largest absolute Gasteiger partial charge is 0.411 e. The number of nitrogens with one attached hydrogen (secondary N) is 1. The molecule has 0 radical (unpaired) electrons. The van der Waals surface area contributed by atoms with Crippen LogP contribution in [0.4, 0.5) is 13.2 Å². The Labute approximate surface area is 114 Å². The highest BCUT2D eigenvalue weighted by molar-refractivity contribution is 4.80. The SMILES string of the molecule is CCCNC(CCCOCC(F)(F)F)C1CCCC1. The third-order valence-electron chi connectivity index (χ3n) is 3.69. The van der Waals surface area contributed by atoms with Crippen LogP contribution in [-0.4, -0.2) is 32.0 Å². The van der Waals surface area contributed by atoms with Crippen LogP contribution in [-0.2, 0) is 4.74 Å². The second-order valence-corrected chi connectivity index (χ2v) is 5.42. The smallest absolute Gasteiger partial charge is 0.372 e. The van der Waals surface area contributed by atoms with Gasteiger partial charge in [-0.2, -0.15) is 13.2 Å².